The molecule has 3 aromatic rings. The molecule has 0 aliphatic rings. The van der Waals surface area contributed by atoms with Gasteiger partial charge in [0.05, 0.1) is 23.2 Å². The molecule has 2 heterocycles. The van der Waals surface area contributed by atoms with Gasteiger partial charge in [-0.25, -0.2) is 4.98 Å². The molecular formula is C15H16N4. The van der Waals surface area contributed by atoms with Crippen LogP contribution in [0.3, 0.4) is 0 Å². The fourth-order valence-corrected chi connectivity index (χ4v) is 2.30. The van der Waals surface area contributed by atoms with Gasteiger partial charge in [0, 0.05) is 22.5 Å². The van der Waals surface area contributed by atoms with Crippen molar-refractivity contribution in [3.05, 3.63) is 47.7 Å². The first-order chi connectivity index (χ1) is 9.06. The van der Waals surface area contributed by atoms with Crippen molar-refractivity contribution in [2.24, 2.45) is 0 Å². The smallest absolute Gasteiger partial charge is 0.0997 e. The molecule has 4 heteroatoms. The molecular weight excluding hydrogens is 236 g/mol. The molecule has 0 bridgehead atoms. The first kappa shape index (κ1) is 11.7. The summed E-state index contributed by atoms with van der Waals surface area (Å²) >= 11 is 0. The number of fused-ring (bicyclic) bond motifs is 1. The zero-order chi connectivity index (χ0) is 13.6. The highest BCUT2D eigenvalue weighted by atomic mass is 15.1. The van der Waals surface area contributed by atoms with Crippen molar-refractivity contribution in [3.63, 3.8) is 0 Å². The number of imidazole rings is 1. The highest BCUT2D eigenvalue weighted by Gasteiger charge is 2.10. The van der Waals surface area contributed by atoms with Crippen LogP contribution in [0.1, 0.15) is 17.1 Å². The van der Waals surface area contributed by atoms with Crippen LogP contribution in [-0.2, 0) is 0 Å². The van der Waals surface area contributed by atoms with E-state index < -0.39 is 0 Å². The van der Waals surface area contributed by atoms with Crippen molar-refractivity contribution in [1.29, 1.82) is 0 Å². The van der Waals surface area contributed by atoms with Crippen LogP contribution in [0.25, 0.3) is 16.6 Å². The molecule has 0 saturated carbocycles. The Kier molecular flexibility index (Phi) is 2.52. The molecule has 0 aliphatic carbocycles. The third-order valence-electron chi connectivity index (χ3n) is 3.45. The minimum absolute atomic E-state index is 0.744. The fourth-order valence-electron chi connectivity index (χ4n) is 2.30. The van der Waals surface area contributed by atoms with E-state index in [-0.39, 0.29) is 0 Å². The summed E-state index contributed by atoms with van der Waals surface area (Å²) < 4.78 is 2.09. The van der Waals surface area contributed by atoms with Gasteiger partial charge in [0.15, 0.2) is 0 Å². The second-order valence-corrected chi connectivity index (χ2v) is 4.84. The lowest BCUT2D eigenvalue weighted by atomic mass is 10.1. The van der Waals surface area contributed by atoms with Gasteiger partial charge in [0.2, 0.25) is 0 Å². The Morgan fingerprint density at radius 1 is 1.11 bits per heavy atom. The second-order valence-electron chi connectivity index (χ2n) is 4.84. The number of aryl methyl sites for hydroxylation is 2. The molecule has 3 rings (SSSR count). The lowest BCUT2D eigenvalue weighted by Crippen LogP contribution is -1.99. The molecule has 0 saturated heterocycles. The summed E-state index contributed by atoms with van der Waals surface area (Å²) in [4.78, 5) is 8.91. The lowest BCUT2D eigenvalue weighted by Gasteiger charge is -2.11. The Bertz CT molecular complexity index is 771. The topological polar surface area (TPSA) is 56.7 Å². The number of hydrogen-bond donors (Lipinski definition) is 1. The number of aromatic nitrogens is 3. The van der Waals surface area contributed by atoms with Crippen LogP contribution >= 0.6 is 0 Å². The summed E-state index contributed by atoms with van der Waals surface area (Å²) in [5.41, 5.74) is 11.8. The Labute approximate surface area is 111 Å². The number of benzene rings is 1. The number of nitrogens with two attached hydrogens (primary N) is 1. The molecule has 2 aromatic heterocycles. The first-order valence-electron chi connectivity index (χ1n) is 6.24. The molecule has 0 fully saturated rings. The summed E-state index contributed by atoms with van der Waals surface area (Å²) in [6.45, 7) is 6.07. The standard InChI is InChI=1S/C15H16N4/c1-9-6-15(19-8-17-10(2)11(19)3)13-7-12(16)4-5-14(13)18-9/h4-8H,16H2,1-3H3. The third-order valence-corrected chi connectivity index (χ3v) is 3.45. The number of nitrogen functional groups attached to an aromatic ring is 1. The summed E-state index contributed by atoms with van der Waals surface area (Å²) in [7, 11) is 0. The number of anilines is 1. The molecule has 19 heavy (non-hydrogen) atoms. The van der Waals surface area contributed by atoms with Gasteiger partial charge in [-0.15, -0.1) is 0 Å². The van der Waals surface area contributed by atoms with Gasteiger partial charge >= 0.3 is 0 Å². The van der Waals surface area contributed by atoms with Crippen molar-refractivity contribution in [1.82, 2.24) is 14.5 Å². The molecule has 0 radical (unpaired) electrons. The third kappa shape index (κ3) is 1.85. The van der Waals surface area contributed by atoms with E-state index in [0.29, 0.717) is 0 Å². The highest BCUT2D eigenvalue weighted by Crippen LogP contribution is 2.25. The maximum Gasteiger partial charge on any atom is 0.0997 e. The van der Waals surface area contributed by atoms with Crippen molar-refractivity contribution in [2.45, 2.75) is 20.8 Å². The monoisotopic (exact) mass is 252 g/mol. The summed E-state index contributed by atoms with van der Waals surface area (Å²) in [6, 6.07) is 7.87. The van der Waals surface area contributed by atoms with Crippen molar-refractivity contribution < 1.29 is 0 Å². The van der Waals surface area contributed by atoms with Gasteiger partial charge in [-0.2, -0.15) is 0 Å². The van der Waals surface area contributed by atoms with Crippen molar-refractivity contribution >= 4 is 16.6 Å². The second kappa shape index (κ2) is 4.09. The van der Waals surface area contributed by atoms with Gasteiger partial charge in [0.1, 0.15) is 0 Å². The van der Waals surface area contributed by atoms with Crippen LogP contribution in [0.4, 0.5) is 5.69 Å². The van der Waals surface area contributed by atoms with Crippen LogP contribution in [-0.4, -0.2) is 14.5 Å². The quantitative estimate of drug-likeness (QED) is 0.677. The number of hydrogen-bond acceptors (Lipinski definition) is 3. The maximum absolute atomic E-state index is 5.90. The van der Waals surface area contributed by atoms with Crippen LogP contribution in [0, 0.1) is 20.8 Å². The molecule has 2 N–H and O–H groups in total. The van der Waals surface area contributed by atoms with Crippen LogP contribution in [0.5, 0.6) is 0 Å². The van der Waals surface area contributed by atoms with E-state index >= 15 is 0 Å². The van der Waals surface area contributed by atoms with Gasteiger partial charge in [0.25, 0.3) is 0 Å². The van der Waals surface area contributed by atoms with Crippen LogP contribution < -0.4 is 5.73 Å². The summed E-state index contributed by atoms with van der Waals surface area (Å²) in [6.07, 6.45) is 1.85. The molecule has 0 amide bonds. The van der Waals surface area contributed by atoms with Crippen molar-refractivity contribution in [2.75, 3.05) is 5.73 Å². The lowest BCUT2D eigenvalue weighted by molar-refractivity contribution is 1.00. The van der Waals surface area contributed by atoms with Gasteiger partial charge in [-0.1, -0.05) is 0 Å². The van der Waals surface area contributed by atoms with Crippen LogP contribution in [0.15, 0.2) is 30.6 Å². The Morgan fingerprint density at radius 2 is 1.89 bits per heavy atom. The predicted molar refractivity (Wildman–Crippen MR) is 77.5 cm³/mol. The Balaban J connectivity index is 2.39. The predicted octanol–water partition coefficient (Wildman–Crippen LogP) is 2.93. The average Bonchev–Trinajstić information content (AvgIpc) is 2.70. The molecule has 0 spiro atoms. The SMILES string of the molecule is Cc1cc(-n2cnc(C)c2C)c2cc(N)ccc2n1. The normalized spacial score (nSPS) is 11.1. The molecule has 0 atom stereocenters. The Morgan fingerprint density at radius 3 is 2.58 bits per heavy atom. The summed E-state index contributed by atoms with van der Waals surface area (Å²) in [5, 5.41) is 1.05. The number of nitrogens with zero attached hydrogens (tertiary/aromatic N) is 3. The minimum Gasteiger partial charge on any atom is -0.399 e. The fraction of sp³-hybridized carbons (Fsp3) is 0.200. The first-order valence-corrected chi connectivity index (χ1v) is 6.24. The zero-order valence-electron chi connectivity index (χ0n) is 11.3. The molecule has 96 valence electrons. The van der Waals surface area contributed by atoms with Gasteiger partial charge in [-0.05, 0) is 45.0 Å². The van der Waals surface area contributed by atoms with Gasteiger partial charge in [-0.3, -0.25) is 4.98 Å². The number of rotatable bonds is 1. The van der Waals surface area contributed by atoms with E-state index in [4.69, 9.17) is 5.73 Å². The maximum atomic E-state index is 5.90. The summed E-state index contributed by atoms with van der Waals surface area (Å²) in [5.74, 6) is 0. The molecule has 0 unspecified atom stereocenters. The molecule has 0 aliphatic heterocycles. The molecule has 1 aromatic carbocycles. The van der Waals surface area contributed by atoms with E-state index in [2.05, 4.69) is 27.5 Å². The van der Waals surface area contributed by atoms with E-state index in [1.165, 1.54) is 0 Å². The van der Waals surface area contributed by atoms with E-state index in [1.807, 2.05) is 38.4 Å². The van der Waals surface area contributed by atoms with E-state index in [0.717, 1.165) is 39.4 Å². The van der Waals surface area contributed by atoms with E-state index in [1.54, 1.807) is 0 Å². The average molecular weight is 252 g/mol. The zero-order valence-corrected chi connectivity index (χ0v) is 11.3. The minimum atomic E-state index is 0.744. The van der Waals surface area contributed by atoms with Gasteiger partial charge < -0.3 is 10.3 Å². The van der Waals surface area contributed by atoms with Crippen molar-refractivity contribution in [3.8, 4) is 5.69 Å². The number of pyridine rings is 1. The Hall–Kier alpha value is -2.36. The highest BCUT2D eigenvalue weighted by molar-refractivity contribution is 5.90. The largest absolute Gasteiger partial charge is 0.399 e. The molecule has 4 nitrogen and oxygen atoms in total. The van der Waals surface area contributed by atoms with E-state index in [9.17, 15) is 0 Å². The van der Waals surface area contributed by atoms with Crippen LogP contribution in [0.2, 0.25) is 0 Å².